The van der Waals surface area contributed by atoms with Gasteiger partial charge in [-0.05, 0) is 47.1 Å². The Bertz CT molecular complexity index is 1700. The zero-order valence-corrected chi connectivity index (χ0v) is 27.6. The molecule has 0 unspecified atom stereocenters. The van der Waals surface area contributed by atoms with Gasteiger partial charge in [0.2, 0.25) is 23.2 Å². The summed E-state index contributed by atoms with van der Waals surface area (Å²) in [5, 5.41) is 22.6. The van der Waals surface area contributed by atoms with Crippen LogP contribution in [0.1, 0.15) is 44.2 Å². The first-order valence-corrected chi connectivity index (χ1v) is 17.3. The third-order valence-corrected chi connectivity index (χ3v) is 9.08. The molecule has 0 aliphatic carbocycles. The van der Waals surface area contributed by atoms with Gasteiger partial charge in [0.05, 0.1) is 6.04 Å². The molecule has 14 heteroatoms. The minimum Gasteiger partial charge on any atom is -0.445 e. The molecule has 1 aliphatic rings. The van der Waals surface area contributed by atoms with Crippen molar-refractivity contribution in [2.75, 3.05) is 6.54 Å². The summed E-state index contributed by atoms with van der Waals surface area (Å²) in [6.45, 7) is 3.93. The zero-order chi connectivity index (χ0) is 34.8. The third-order valence-electron chi connectivity index (χ3n) is 8.14. The lowest BCUT2D eigenvalue weighted by Crippen LogP contribution is -2.57. The Hall–Kier alpha value is -4.53. The number of aliphatic hydroxyl groups is 1. The van der Waals surface area contributed by atoms with Gasteiger partial charge in [-0.25, -0.2) is 4.79 Å². The van der Waals surface area contributed by atoms with Gasteiger partial charge in [-0.15, -0.1) is 0 Å². The van der Waals surface area contributed by atoms with Gasteiger partial charge in [-0.2, -0.15) is 8.42 Å². The number of aliphatic hydroxyl groups excluding tert-OH is 1. The van der Waals surface area contributed by atoms with Crippen LogP contribution >= 0.6 is 0 Å². The first-order chi connectivity index (χ1) is 22.8. The molecule has 0 spiro atoms. The van der Waals surface area contributed by atoms with Crippen molar-refractivity contribution >= 4 is 44.7 Å². The average Bonchev–Trinajstić information content (AvgIpc) is 3.46. The normalized spacial score (nSPS) is 17.2. The number of alkyl carbamates (subject to hydrolysis) is 1. The molecule has 0 saturated carbocycles. The summed E-state index contributed by atoms with van der Waals surface area (Å²) >= 11 is 0. The van der Waals surface area contributed by atoms with Crippen molar-refractivity contribution < 1.29 is 42.0 Å². The smallest absolute Gasteiger partial charge is 0.408 e. The minimum absolute atomic E-state index is 0.0375. The number of carbonyl (C=O) groups excluding carboxylic acids is 4. The van der Waals surface area contributed by atoms with Crippen LogP contribution in [0, 0.1) is 11.8 Å². The van der Waals surface area contributed by atoms with E-state index in [4.69, 9.17) is 4.74 Å². The molecule has 1 heterocycles. The first-order valence-electron chi connectivity index (χ1n) is 15.8. The lowest BCUT2D eigenvalue weighted by molar-refractivity contribution is -0.131. The van der Waals surface area contributed by atoms with E-state index in [1.54, 1.807) is 24.3 Å². The number of rotatable bonds is 15. The van der Waals surface area contributed by atoms with Crippen LogP contribution in [0.2, 0.25) is 0 Å². The predicted octanol–water partition coefficient (Wildman–Crippen LogP) is 2.43. The summed E-state index contributed by atoms with van der Waals surface area (Å²) in [6, 6.07) is 18.2. The van der Waals surface area contributed by atoms with E-state index in [1.807, 2.05) is 62.4 Å². The Kier molecular flexibility index (Phi) is 12.5. The van der Waals surface area contributed by atoms with Crippen LogP contribution in [-0.2, 0) is 42.3 Å². The van der Waals surface area contributed by atoms with E-state index in [9.17, 15) is 37.3 Å². The number of ether oxygens (including phenoxy) is 1. The van der Waals surface area contributed by atoms with Crippen molar-refractivity contribution in [3.8, 4) is 0 Å². The van der Waals surface area contributed by atoms with Crippen molar-refractivity contribution in [2.45, 2.75) is 69.7 Å². The van der Waals surface area contributed by atoms with E-state index < -0.39 is 57.5 Å². The third kappa shape index (κ3) is 10.2. The average molecular weight is 683 g/mol. The Morgan fingerprint density at radius 3 is 2.25 bits per heavy atom. The second-order valence-corrected chi connectivity index (χ2v) is 13.8. The highest BCUT2D eigenvalue weighted by atomic mass is 32.2. The number of hydrogen-bond donors (Lipinski definition) is 6. The quantitative estimate of drug-likeness (QED) is 0.130. The number of amides is 4. The highest BCUT2D eigenvalue weighted by molar-refractivity contribution is 7.86. The number of hydrogen-bond acceptors (Lipinski definition) is 8. The standard InChI is InChI=1S/C34H42N4O9S/c1-21(2)17-27(31(40)37-29(33(42)48(44,45)46)19-25-15-16-35-30(25)39)36-32(41)28(38-34(43)47-20-22-9-4-3-5-10-22)18-24-13-8-12-23-11-6-7-14-26(23)24/h3-14,21,25,27-29,33,42H,15-20H2,1-2H3,(H,35,39)(H,36,41)(H,37,40)(H,38,43)(H,44,45,46)/t25-,27-,28-,29-,33-/m0/s1. The molecule has 3 aromatic carbocycles. The van der Waals surface area contributed by atoms with Gasteiger partial charge in [0.25, 0.3) is 10.1 Å². The molecule has 0 aromatic heterocycles. The molecule has 0 radical (unpaired) electrons. The van der Waals surface area contributed by atoms with E-state index in [1.165, 1.54) is 0 Å². The summed E-state index contributed by atoms with van der Waals surface area (Å²) in [5.74, 6) is -2.75. The Labute approximate surface area is 279 Å². The molecule has 3 aromatic rings. The maximum Gasteiger partial charge on any atom is 0.408 e. The van der Waals surface area contributed by atoms with E-state index in [0.29, 0.717) is 13.0 Å². The van der Waals surface area contributed by atoms with Crippen LogP contribution in [0.5, 0.6) is 0 Å². The molecule has 0 bridgehead atoms. The van der Waals surface area contributed by atoms with Crippen LogP contribution in [0.3, 0.4) is 0 Å². The van der Waals surface area contributed by atoms with Gasteiger partial charge in [0.1, 0.15) is 18.7 Å². The summed E-state index contributed by atoms with van der Waals surface area (Å²) in [5.41, 5.74) is -0.911. The number of fused-ring (bicyclic) bond motifs is 1. The topological polar surface area (TPSA) is 200 Å². The van der Waals surface area contributed by atoms with E-state index in [0.717, 1.165) is 21.9 Å². The van der Waals surface area contributed by atoms with Crippen LogP contribution < -0.4 is 21.3 Å². The van der Waals surface area contributed by atoms with Crippen LogP contribution in [0.15, 0.2) is 72.8 Å². The van der Waals surface area contributed by atoms with Crippen molar-refractivity contribution in [3.05, 3.63) is 83.9 Å². The van der Waals surface area contributed by atoms with E-state index >= 15 is 0 Å². The maximum atomic E-state index is 13.9. The highest BCUT2D eigenvalue weighted by Gasteiger charge is 2.38. The molecule has 5 atom stereocenters. The van der Waals surface area contributed by atoms with Gasteiger partial charge < -0.3 is 31.1 Å². The largest absolute Gasteiger partial charge is 0.445 e. The second kappa shape index (κ2) is 16.5. The first kappa shape index (κ1) is 36.3. The Balaban J connectivity index is 1.56. The Morgan fingerprint density at radius 1 is 0.917 bits per heavy atom. The maximum absolute atomic E-state index is 13.9. The molecule has 1 aliphatic heterocycles. The Morgan fingerprint density at radius 2 is 1.58 bits per heavy atom. The van der Waals surface area contributed by atoms with Gasteiger partial charge in [-0.3, -0.25) is 18.9 Å². The monoisotopic (exact) mass is 682 g/mol. The summed E-state index contributed by atoms with van der Waals surface area (Å²) in [4.78, 5) is 52.7. The van der Waals surface area contributed by atoms with Crippen molar-refractivity contribution in [1.82, 2.24) is 21.3 Å². The van der Waals surface area contributed by atoms with Crippen molar-refractivity contribution in [1.29, 1.82) is 0 Å². The van der Waals surface area contributed by atoms with Crippen molar-refractivity contribution in [2.24, 2.45) is 11.8 Å². The molecule has 1 fully saturated rings. The molecule has 6 N–H and O–H groups in total. The molecule has 13 nitrogen and oxygen atoms in total. The SMILES string of the molecule is CC(C)C[C@H](NC(=O)[C@H](Cc1cccc2ccccc12)NC(=O)OCc1ccccc1)C(=O)N[C@@H](C[C@@H]1CCNC1=O)[C@@H](O)S(=O)(=O)O. The van der Waals surface area contributed by atoms with Gasteiger partial charge in [0.15, 0.2) is 0 Å². The molecule has 4 amide bonds. The zero-order valence-electron chi connectivity index (χ0n) is 26.8. The summed E-state index contributed by atoms with van der Waals surface area (Å²) in [6.07, 6.45) is -0.618. The lowest BCUT2D eigenvalue weighted by atomic mass is 9.96. The molecular formula is C34H42N4O9S. The predicted molar refractivity (Wildman–Crippen MR) is 178 cm³/mol. The molecule has 258 valence electrons. The molecule has 48 heavy (non-hydrogen) atoms. The fourth-order valence-corrected chi connectivity index (χ4v) is 6.29. The lowest BCUT2D eigenvalue weighted by Gasteiger charge is -2.28. The van der Waals surface area contributed by atoms with Gasteiger partial charge in [-0.1, -0.05) is 86.6 Å². The van der Waals surface area contributed by atoms with E-state index in [-0.39, 0.29) is 37.7 Å². The van der Waals surface area contributed by atoms with Gasteiger partial charge >= 0.3 is 6.09 Å². The summed E-state index contributed by atoms with van der Waals surface area (Å²) in [7, 11) is -5.02. The number of nitrogens with one attached hydrogen (secondary N) is 4. The molecule has 1 saturated heterocycles. The fraction of sp³-hybridized carbons (Fsp3) is 0.412. The number of benzene rings is 3. The molecule has 4 rings (SSSR count). The summed E-state index contributed by atoms with van der Waals surface area (Å²) < 4.78 is 38.7. The van der Waals surface area contributed by atoms with Crippen LogP contribution in [0.25, 0.3) is 10.8 Å². The minimum atomic E-state index is -5.02. The number of carbonyl (C=O) groups is 4. The van der Waals surface area contributed by atoms with Gasteiger partial charge in [0, 0.05) is 18.9 Å². The van der Waals surface area contributed by atoms with Crippen LogP contribution in [0.4, 0.5) is 4.79 Å². The van der Waals surface area contributed by atoms with Crippen molar-refractivity contribution in [3.63, 3.8) is 0 Å². The highest BCUT2D eigenvalue weighted by Crippen LogP contribution is 2.22. The fourth-order valence-electron chi connectivity index (χ4n) is 5.70. The second-order valence-electron chi connectivity index (χ2n) is 12.3. The molecular weight excluding hydrogens is 640 g/mol. The van der Waals surface area contributed by atoms with Crippen LogP contribution in [-0.4, -0.2) is 72.0 Å². The van der Waals surface area contributed by atoms with E-state index in [2.05, 4.69) is 21.3 Å².